The third kappa shape index (κ3) is 5.52. The highest BCUT2D eigenvalue weighted by molar-refractivity contribution is 5.79. The van der Waals surface area contributed by atoms with Crippen LogP contribution in [0.2, 0.25) is 0 Å². The Labute approximate surface area is 155 Å². The van der Waals surface area contributed by atoms with Gasteiger partial charge in [0.15, 0.2) is 5.96 Å². The first-order valence-electron chi connectivity index (χ1n) is 8.97. The Bertz CT molecular complexity index is 709. The number of furan rings is 1. The van der Waals surface area contributed by atoms with Gasteiger partial charge in [-0.25, -0.2) is 4.99 Å². The summed E-state index contributed by atoms with van der Waals surface area (Å²) in [6.07, 6.45) is 1.55. The van der Waals surface area contributed by atoms with E-state index in [-0.39, 0.29) is 6.54 Å². The van der Waals surface area contributed by atoms with Crippen molar-refractivity contribution in [2.24, 2.45) is 4.99 Å². The Balaban J connectivity index is 2.07. The summed E-state index contributed by atoms with van der Waals surface area (Å²) in [5.41, 5.74) is 1.05. The molecule has 0 aliphatic heterocycles. The fourth-order valence-electron chi connectivity index (χ4n) is 2.52. The van der Waals surface area contributed by atoms with E-state index < -0.39 is 5.60 Å². The molecule has 6 nitrogen and oxygen atoms in total. The van der Waals surface area contributed by atoms with Crippen LogP contribution in [0.3, 0.4) is 0 Å². The molecule has 1 unspecified atom stereocenters. The summed E-state index contributed by atoms with van der Waals surface area (Å²) in [5.74, 6) is 2.00. The van der Waals surface area contributed by atoms with Crippen LogP contribution >= 0.6 is 0 Å². The highest BCUT2D eigenvalue weighted by Gasteiger charge is 2.26. The number of ether oxygens (including phenoxy) is 1. The number of benzene rings is 1. The normalized spacial score (nSPS) is 14.0. The molecule has 142 valence electrons. The lowest BCUT2D eigenvalue weighted by Gasteiger charge is -2.22. The van der Waals surface area contributed by atoms with Crippen LogP contribution in [0.25, 0.3) is 0 Å². The van der Waals surface area contributed by atoms with E-state index in [1.165, 1.54) is 0 Å². The zero-order valence-corrected chi connectivity index (χ0v) is 16.0. The smallest absolute Gasteiger partial charge is 0.191 e. The summed E-state index contributed by atoms with van der Waals surface area (Å²) in [6.45, 7) is 9.81. The molecule has 2 aromatic rings. The monoisotopic (exact) mass is 359 g/mol. The molecule has 1 aromatic heterocycles. The van der Waals surface area contributed by atoms with Crippen LogP contribution in [0.5, 0.6) is 5.75 Å². The molecule has 26 heavy (non-hydrogen) atoms. The van der Waals surface area contributed by atoms with Crippen molar-refractivity contribution in [3.8, 4) is 5.75 Å². The van der Waals surface area contributed by atoms with Crippen molar-refractivity contribution in [2.75, 3.05) is 19.7 Å². The second-order valence-electron chi connectivity index (χ2n) is 6.34. The molecule has 0 radical (unpaired) electrons. The molecule has 0 bridgehead atoms. The molecule has 0 saturated heterocycles. The molecule has 0 saturated carbocycles. The zero-order valence-electron chi connectivity index (χ0n) is 16.0. The Morgan fingerprint density at radius 3 is 2.73 bits per heavy atom. The summed E-state index contributed by atoms with van der Waals surface area (Å²) in [5, 5.41) is 16.9. The number of nitrogens with one attached hydrogen (secondary N) is 2. The third-order valence-electron chi connectivity index (χ3n) is 3.93. The SMILES string of the molecule is CCNC(=NCc1ccc(C)cc1OCC)NCC(C)(O)c1ccco1. The van der Waals surface area contributed by atoms with Gasteiger partial charge in [-0.15, -0.1) is 0 Å². The maximum absolute atomic E-state index is 10.6. The zero-order chi connectivity index (χ0) is 19.0. The van der Waals surface area contributed by atoms with Crippen molar-refractivity contribution in [3.63, 3.8) is 0 Å². The van der Waals surface area contributed by atoms with Crippen LogP contribution in [0.15, 0.2) is 46.0 Å². The topological polar surface area (TPSA) is 79.0 Å². The molecule has 0 fully saturated rings. The van der Waals surface area contributed by atoms with Gasteiger partial charge in [-0.1, -0.05) is 12.1 Å². The van der Waals surface area contributed by atoms with Gasteiger partial charge < -0.3 is 24.9 Å². The summed E-state index contributed by atoms with van der Waals surface area (Å²) in [7, 11) is 0. The lowest BCUT2D eigenvalue weighted by atomic mass is 10.0. The lowest BCUT2D eigenvalue weighted by molar-refractivity contribution is 0.0386. The van der Waals surface area contributed by atoms with Crippen LogP contribution in [0, 0.1) is 6.92 Å². The first kappa shape index (κ1) is 19.8. The molecule has 6 heteroatoms. The van der Waals surface area contributed by atoms with E-state index in [1.54, 1.807) is 25.3 Å². The first-order chi connectivity index (χ1) is 12.5. The summed E-state index contributed by atoms with van der Waals surface area (Å²) >= 11 is 0. The number of aliphatic imine (C=N–C) groups is 1. The van der Waals surface area contributed by atoms with Gasteiger partial charge in [-0.05, 0) is 51.5 Å². The molecule has 0 spiro atoms. The van der Waals surface area contributed by atoms with Crippen molar-refractivity contribution in [1.29, 1.82) is 0 Å². The molecular weight excluding hydrogens is 330 g/mol. The Kier molecular flexibility index (Phi) is 7.09. The number of aliphatic hydroxyl groups is 1. The van der Waals surface area contributed by atoms with Crippen LogP contribution in [-0.2, 0) is 12.1 Å². The maximum atomic E-state index is 10.6. The van der Waals surface area contributed by atoms with Crippen molar-refractivity contribution in [1.82, 2.24) is 10.6 Å². The van der Waals surface area contributed by atoms with Gasteiger partial charge in [0.05, 0.1) is 26.0 Å². The molecule has 0 amide bonds. The minimum absolute atomic E-state index is 0.276. The fourth-order valence-corrected chi connectivity index (χ4v) is 2.52. The molecule has 3 N–H and O–H groups in total. The van der Waals surface area contributed by atoms with E-state index >= 15 is 0 Å². The van der Waals surface area contributed by atoms with Crippen LogP contribution < -0.4 is 15.4 Å². The van der Waals surface area contributed by atoms with Crippen molar-refractivity contribution in [3.05, 3.63) is 53.5 Å². The summed E-state index contributed by atoms with van der Waals surface area (Å²) in [6, 6.07) is 9.63. The van der Waals surface area contributed by atoms with Gasteiger partial charge in [-0.3, -0.25) is 0 Å². The van der Waals surface area contributed by atoms with Gasteiger partial charge >= 0.3 is 0 Å². The Morgan fingerprint density at radius 2 is 2.08 bits per heavy atom. The lowest BCUT2D eigenvalue weighted by Crippen LogP contribution is -2.44. The average Bonchev–Trinajstić information content (AvgIpc) is 3.14. The quantitative estimate of drug-likeness (QED) is 0.499. The van der Waals surface area contributed by atoms with Crippen molar-refractivity contribution < 1.29 is 14.3 Å². The molecule has 0 aliphatic rings. The molecular formula is C20H29N3O3. The number of guanidine groups is 1. The summed E-state index contributed by atoms with van der Waals surface area (Å²) < 4.78 is 11.0. The Hall–Kier alpha value is -2.47. The molecule has 2 rings (SSSR count). The first-order valence-corrected chi connectivity index (χ1v) is 8.97. The van der Waals surface area contributed by atoms with Crippen LogP contribution in [-0.4, -0.2) is 30.8 Å². The molecule has 1 atom stereocenters. The second-order valence-corrected chi connectivity index (χ2v) is 6.34. The van der Waals surface area contributed by atoms with Gasteiger partial charge in [-0.2, -0.15) is 0 Å². The van der Waals surface area contributed by atoms with Gasteiger partial charge in [0.2, 0.25) is 0 Å². The molecule has 1 heterocycles. The van der Waals surface area contributed by atoms with E-state index in [4.69, 9.17) is 9.15 Å². The van der Waals surface area contributed by atoms with E-state index in [0.717, 1.165) is 23.4 Å². The number of hydrogen-bond acceptors (Lipinski definition) is 4. The Morgan fingerprint density at radius 1 is 1.27 bits per heavy atom. The van der Waals surface area contributed by atoms with E-state index in [2.05, 4.69) is 21.7 Å². The maximum Gasteiger partial charge on any atom is 0.191 e. The van der Waals surface area contributed by atoms with Gasteiger partial charge in [0, 0.05) is 12.1 Å². The highest BCUT2D eigenvalue weighted by Crippen LogP contribution is 2.22. The third-order valence-corrected chi connectivity index (χ3v) is 3.93. The average molecular weight is 359 g/mol. The van der Waals surface area contributed by atoms with Gasteiger partial charge in [0.25, 0.3) is 0 Å². The van der Waals surface area contributed by atoms with Crippen LogP contribution in [0.4, 0.5) is 0 Å². The van der Waals surface area contributed by atoms with Crippen molar-refractivity contribution in [2.45, 2.75) is 39.8 Å². The number of aryl methyl sites for hydroxylation is 1. The molecule has 0 aliphatic carbocycles. The fraction of sp³-hybridized carbons (Fsp3) is 0.450. The predicted molar refractivity (Wildman–Crippen MR) is 103 cm³/mol. The second kappa shape index (κ2) is 9.29. The van der Waals surface area contributed by atoms with Crippen LogP contribution in [0.1, 0.15) is 37.7 Å². The standard InChI is InChI=1S/C20H29N3O3/c1-5-21-19(23-14-20(4,24)18-8-7-11-26-18)22-13-16-10-9-15(3)12-17(16)25-6-2/h7-12,24H,5-6,13-14H2,1-4H3,(H2,21,22,23). The molecule has 1 aromatic carbocycles. The highest BCUT2D eigenvalue weighted by atomic mass is 16.5. The predicted octanol–water partition coefficient (Wildman–Crippen LogP) is 2.95. The minimum atomic E-state index is -1.12. The van der Waals surface area contributed by atoms with Gasteiger partial charge in [0.1, 0.15) is 17.1 Å². The van der Waals surface area contributed by atoms with E-state index in [1.807, 2.05) is 32.9 Å². The van der Waals surface area contributed by atoms with E-state index in [0.29, 0.717) is 24.9 Å². The minimum Gasteiger partial charge on any atom is -0.494 e. The summed E-state index contributed by atoms with van der Waals surface area (Å²) in [4.78, 5) is 4.61. The number of rotatable bonds is 8. The van der Waals surface area contributed by atoms with E-state index in [9.17, 15) is 5.11 Å². The van der Waals surface area contributed by atoms with Crippen molar-refractivity contribution >= 4 is 5.96 Å². The number of nitrogens with zero attached hydrogens (tertiary/aromatic N) is 1. The number of hydrogen-bond donors (Lipinski definition) is 3. The largest absolute Gasteiger partial charge is 0.494 e.